The molecule has 0 aliphatic carbocycles. The summed E-state index contributed by atoms with van der Waals surface area (Å²) in [6.07, 6.45) is -0.0955. The molecule has 2 nitrogen and oxygen atoms in total. The predicted molar refractivity (Wildman–Crippen MR) is 60.5 cm³/mol. The molecular formula is C11H11Cl2FO2. The standard InChI is InChI=1S/C11H11Cl2FO2/c1-6(15-4-7-5-16-7)8-2-11(14)10(13)3-9(8)12/h2-3,6-7H,4-5H2,1H3/t6-,7+/m0/s1. The Balaban J connectivity index is 2.08. The van der Waals surface area contributed by atoms with Crippen LogP contribution in [0.1, 0.15) is 18.6 Å². The van der Waals surface area contributed by atoms with Crippen LogP contribution in [-0.2, 0) is 9.47 Å². The number of rotatable bonds is 4. The fourth-order valence-electron chi connectivity index (χ4n) is 1.36. The minimum absolute atomic E-state index is 0.0199. The Hall–Kier alpha value is -0.350. The number of hydrogen-bond acceptors (Lipinski definition) is 2. The SMILES string of the molecule is C[C@H](OC[C@@H]1CO1)c1cc(F)c(Cl)cc1Cl. The molecule has 1 saturated heterocycles. The summed E-state index contributed by atoms with van der Waals surface area (Å²) >= 11 is 11.6. The van der Waals surface area contributed by atoms with Gasteiger partial charge in [-0.25, -0.2) is 4.39 Å². The fourth-order valence-corrected chi connectivity index (χ4v) is 1.89. The third-order valence-electron chi connectivity index (χ3n) is 2.41. The van der Waals surface area contributed by atoms with E-state index in [4.69, 9.17) is 32.7 Å². The van der Waals surface area contributed by atoms with E-state index < -0.39 is 5.82 Å². The highest BCUT2D eigenvalue weighted by Gasteiger charge is 2.24. The van der Waals surface area contributed by atoms with E-state index in [0.717, 1.165) is 6.61 Å². The van der Waals surface area contributed by atoms with Crippen molar-refractivity contribution in [2.75, 3.05) is 13.2 Å². The van der Waals surface area contributed by atoms with Gasteiger partial charge in [-0.1, -0.05) is 23.2 Å². The van der Waals surface area contributed by atoms with E-state index in [1.165, 1.54) is 12.1 Å². The molecule has 1 aromatic carbocycles. The molecule has 0 radical (unpaired) electrons. The Morgan fingerprint density at radius 1 is 1.50 bits per heavy atom. The van der Waals surface area contributed by atoms with Crippen molar-refractivity contribution < 1.29 is 13.9 Å². The van der Waals surface area contributed by atoms with Crippen molar-refractivity contribution >= 4 is 23.2 Å². The molecule has 16 heavy (non-hydrogen) atoms. The van der Waals surface area contributed by atoms with E-state index in [0.29, 0.717) is 17.2 Å². The highest BCUT2D eigenvalue weighted by atomic mass is 35.5. The van der Waals surface area contributed by atoms with E-state index >= 15 is 0 Å². The van der Waals surface area contributed by atoms with Gasteiger partial charge in [0.2, 0.25) is 0 Å². The molecular weight excluding hydrogens is 254 g/mol. The van der Waals surface area contributed by atoms with Gasteiger partial charge in [0.1, 0.15) is 11.9 Å². The quantitative estimate of drug-likeness (QED) is 0.612. The molecule has 88 valence electrons. The maximum absolute atomic E-state index is 13.3. The van der Waals surface area contributed by atoms with E-state index in [1.807, 2.05) is 6.92 Å². The molecule has 1 heterocycles. The molecule has 1 aromatic rings. The van der Waals surface area contributed by atoms with Crippen molar-refractivity contribution in [3.8, 4) is 0 Å². The van der Waals surface area contributed by atoms with Crippen LogP contribution in [0.25, 0.3) is 0 Å². The van der Waals surface area contributed by atoms with E-state index in [1.54, 1.807) is 0 Å². The summed E-state index contributed by atoms with van der Waals surface area (Å²) in [7, 11) is 0. The first kappa shape index (κ1) is 12.1. The topological polar surface area (TPSA) is 21.8 Å². The van der Waals surface area contributed by atoms with E-state index in [9.17, 15) is 4.39 Å². The van der Waals surface area contributed by atoms with Gasteiger partial charge >= 0.3 is 0 Å². The molecule has 0 amide bonds. The second kappa shape index (κ2) is 4.88. The van der Waals surface area contributed by atoms with E-state index in [-0.39, 0.29) is 17.2 Å². The Bertz CT molecular complexity index is 394. The Labute approximate surface area is 103 Å². The van der Waals surface area contributed by atoms with Gasteiger partial charge in [-0.05, 0) is 19.1 Å². The molecule has 0 aromatic heterocycles. The van der Waals surface area contributed by atoms with Gasteiger partial charge in [-0.15, -0.1) is 0 Å². The zero-order valence-corrected chi connectivity index (χ0v) is 10.2. The highest BCUT2D eigenvalue weighted by Crippen LogP contribution is 2.30. The maximum atomic E-state index is 13.3. The lowest BCUT2D eigenvalue weighted by Gasteiger charge is -2.14. The highest BCUT2D eigenvalue weighted by molar-refractivity contribution is 6.35. The monoisotopic (exact) mass is 264 g/mol. The maximum Gasteiger partial charge on any atom is 0.142 e. The zero-order valence-electron chi connectivity index (χ0n) is 8.67. The van der Waals surface area contributed by atoms with Gasteiger partial charge in [-0.3, -0.25) is 0 Å². The summed E-state index contributed by atoms with van der Waals surface area (Å²) in [6.45, 7) is 3.05. The van der Waals surface area contributed by atoms with E-state index in [2.05, 4.69) is 0 Å². The molecule has 1 aliphatic rings. The number of halogens is 3. The molecule has 0 N–H and O–H groups in total. The van der Waals surface area contributed by atoms with Crippen LogP contribution in [0.5, 0.6) is 0 Å². The van der Waals surface area contributed by atoms with Gasteiger partial charge in [0.25, 0.3) is 0 Å². The zero-order chi connectivity index (χ0) is 11.7. The molecule has 2 rings (SSSR count). The Kier molecular flexibility index (Phi) is 3.70. The van der Waals surface area contributed by atoms with Gasteiger partial charge in [-0.2, -0.15) is 0 Å². The first-order valence-corrected chi connectivity index (χ1v) is 5.71. The van der Waals surface area contributed by atoms with Crippen molar-refractivity contribution in [1.82, 2.24) is 0 Å². The summed E-state index contributed by atoms with van der Waals surface area (Å²) in [5.41, 5.74) is 0.601. The smallest absolute Gasteiger partial charge is 0.142 e. The van der Waals surface area contributed by atoms with Crippen molar-refractivity contribution in [3.63, 3.8) is 0 Å². The number of epoxide rings is 1. The first-order chi connectivity index (χ1) is 7.58. The van der Waals surface area contributed by atoms with Crippen LogP contribution in [0.15, 0.2) is 12.1 Å². The third kappa shape index (κ3) is 2.86. The molecule has 5 heteroatoms. The predicted octanol–water partition coefficient (Wildman–Crippen LogP) is 3.61. The van der Waals surface area contributed by atoms with Crippen LogP contribution in [-0.4, -0.2) is 19.3 Å². The summed E-state index contributed by atoms with van der Waals surface area (Å²) in [6, 6.07) is 2.70. The second-order valence-electron chi connectivity index (χ2n) is 3.72. The average Bonchev–Trinajstić information content (AvgIpc) is 3.03. The van der Waals surface area contributed by atoms with Gasteiger partial charge < -0.3 is 9.47 Å². The minimum atomic E-state index is -0.487. The summed E-state index contributed by atoms with van der Waals surface area (Å²) in [4.78, 5) is 0. The van der Waals surface area contributed by atoms with Crippen LogP contribution in [0.2, 0.25) is 10.0 Å². The number of benzene rings is 1. The van der Waals surface area contributed by atoms with Gasteiger partial charge in [0.15, 0.2) is 0 Å². The van der Waals surface area contributed by atoms with Crippen molar-refractivity contribution in [3.05, 3.63) is 33.6 Å². The number of hydrogen-bond donors (Lipinski definition) is 0. The van der Waals surface area contributed by atoms with Crippen LogP contribution in [0.4, 0.5) is 4.39 Å². The normalized spacial score (nSPS) is 20.9. The first-order valence-electron chi connectivity index (χ1n) is 4.95. The molecule has 0 bridgehead atoms. The van der Waals surface area contributed by atoms with Crippen molar-refractivity contribution in [2.24, 2.45) is 0 Å². The second-order valence-corrected chi connectivity index (χ2v) is 4.53. The van der Waals surface area contributed by atoms with Crippen LogP contribution >= 0.6 is 23.2 Å². The van der Waals surface area contributed by atoms with Gasteiger partial charge in [0, 0.05) is 10.6 Å². The summed E-state index contributed by atoms with van der Waals surface area (Å²) < 4.78 is 23.8. The Morgan fingerprint density at radius 2 is 2.19 bits per heavy atom. The third-order valence-corrected chi connectivity index (χ3v) is 3.03. The molecule has 0 unspecified atom stereocenters. The lowest BCUT2D eigenvalue weighted by atomic mass is 10.1. The average molecular weight is 265 g/mol. The Morgan fingerprint density at radius 3 is 2.81 bits per heavy atom. The van der Waals surface area contributed by atoms with Crippen LogP contribution < -0.4 is 0 Å². The molecule has 0 spiro atoms. The lowest BCUT2D eigenvalue weighted by Crippen LogP contribution is -2.07. The summed E-state index contributed by atoms with van der Waals surface area (Å²) in [5, 5.41) is 0.432. The largest absolute Gasteiger partial charge is 0.371 e. The van der Waals surface area contributed by atoms with Gasteiger partial charge in [0.05, 0.1) is 24.3 Å². The lowest BCUT2D eigenvalue weighted by molar-refractivity contribution is 0.0538. The minimum Gasteiger partial charge on any atom is -0.371 e. The van der Waals surface area contributed by atoms with Crippen LogP contribution in [0.3, 0.4) is 0 Å². The fraction of sp³-hybridized carbons (Fsp3) is 0.455. The molecule has 0 saturated carbocycles. The number of ether oxygens (including phenoxy) is 2. The van der Waals surface area contributed by atoms with Crippen molar-refractivity contribution in [2.45, 2.75) is 19.1 Å². The summed E-state index contributed by atoms with van der Waals surface area (Å²) in [5.74, 6) is -0.487. The molecule has 2 atom stereocenters. The van der Waals surface area contributed by atoms with Crippen LogP contribution in [0, 0.1) is 5.82 Å². The van der Waals surface area contributed by atoms with Crippen molar-refractivity contribution in [1.29, 1.82) is 0 Å². The molecule has 1 aliphatic heterocycles. The molecule has 1 fully saturated rings.